The Bertz CT molecular complexity index is 314. The van der Waals surface area contributed by atoms with E-state index in [9.17, 15) is 4.79 Å². The van der Waals surface area contributed by atoms with E-state index in [0.29, 0.717) is 11.0 Å². The van der Waals surface area contributed by atoms with Gasteiger partial charge >= 0.3 is 0 Å². The van der Waals surface area contributed by atoms with Crippen LogP contribution in [-0.4, -0.2) is 16.1 Å². The van der Waals surface area contributed by atoms with Gasteiger partial charge in [0, 0.05) is 6.92 Å². The molecule has 1 rings (SSSR count). The standard InChI is InChI=1S/C7H8ClN3O/c1-4-3-6(8)10-11-7(4)9-5(2)12/h3H,1-2H3,(H,9,11,12). The van der Waals surface area contributed by atoms with Crippen LogP contribution in [0.2, 0.25) is 5.15 Å². The van der Waals surface area contributed by atoms with Gasteiger partial charge in [-0.15, -0.1) is 10.2 Å². The number of nitrogens with one attached hydrogen (secondary N) is 1. The van der Waals surface area contributed by atoms with Gasteiger partial charge in [0.05, 0.1) is 0 Å². The number of nitrogens with zero attached hydrogens (tertiary/aromatic N) is 2. The summed E-state index contributed by atoms with van der Waals surface area (Å²) < 4.78 is 0. The topological polar surface area (TPSA) is 54.9 Å². The minimum Gasteiger partial charge on any atom is -0.309 e. The van der Waals surface area contributed by atoms with Crippen LogP contribution in [-0.2, 0) is 4.79 Å². The second kappa shape index (κ2) is 3.49. The minimum absolute atomic E-state index is 0.172. The van der Waals surface area contributed by atoms with E-state index in [0.717, 1.165) is 5.56 Å². The van der Waals surface area contributed by atoms with Crippen molar-refractivity contribution in [3.8, 4) is 0 Å². The predicted octanol–water partition coefficient (Wildman–Crippen LogP) is 1.40. The van der Waals surface area contributed by atoms with Gasteiger partial charge in [-0.3, -0.25) is 4.79 Å². The normalized spacial score (nSPS) is 9.58. The van der Waals surface area contributed by atoms with Crippen molar-refractivity contribution < 1.29 is 4.79 Å². The fourth-order valence-electron chi connectivity index (χ4n) is 0.743. The first kappa shape index (κ1) is 8.93. The fourth-order valence-corrected chi connectivity index (χ4v) is 0.944. The maximum atomic E-state index is 10.6. The summed E-state index contributed by atoms with van der Waals surface area (Å²) in [6.07, 6.45) is 0. The molecule has 0 fully saturated rings. The summed E-state index contributed by atoms with van der Waals surface area (Å²) in [5.74, 6) is 0.279. The van der Waals surface area contributed by atoms with Gasteiger partial charge in [-0.25, -0.2) is 0 Å². The van der Waals surface area contributed by atoms with Crippen molar-refractivity contribution in [2.75, 3.05) is 5.32 Å². The van der Waals surface area contributed by atoms with Crippen LogP contribution in [0.1, 0.15) is 12.5 Å². The van der Waals surface area contributed by atoms with Gasteiger partial charge in [0.1, 0.15) is 0 Å². The average Bonchev–Trinajstić information content (AvgIpc) is 1.94. The Morgan fingerprint density at radius 2 is 2.25 bits per heavy atom. The molecule has 0 aliphatic carbocycles. The number of amides is 1. The van der Waals surface area contributed by atoms with Crippen LogP contribution in [0, 0.1) is 6.92 Å². The summed E-state index contributed by atoms with van der Waals surface area (Å²) in [6, 6.07) is 1.64. The molecule has 12 heavy (non-hydrogen) atoms. The van der Waals surface area contributed by atoms with E-state index in [1.807, 2.05) is 0 Å². The van der Waals surface area contributed by atoms with Crippen LogP contribution in [0.4, 0.5) is 5.82 Å². The maximum absolute atomic E-state index is 10.6. The van der Waals surface area contributed by atoms with E-state index in [4.69, 9.17) is 11.6 Å². The Morgan fingerprint density at radius 1 is 1.58 bits per heavy atom. The largest absolute Gasteiger partial charge is 0.309 e. The van der Waals surface area contributed by atoms with Gasteiger partial charge in [0.2, 0.25) is 5.91 Å². The zero-order valence-electron chi connectivity index (χ0n) is 6.76. The van der Waals surface area contributed by atoms with Crippen molar-refractivity contribution >= 4 is 23.3 Å². The molecule has 1 aromatic rings. The lowest BCUT2D eigenvalue weighted by atomic mass is 10.3. The van der Waals surface area contributed by atoms with Crippen LogP contribution >= 0.6 is 11.6 Å². The molecule has 4 nitrogen and oxygen atoms in total. The summed E-state index contributed by atoms with van der Waals surface area (Å²) in [5.41, 5.74) is 0.796. The van der Waals surface area contributed by atoms with E-state index in [2.05, 4.69) is 15.5 Å². The van der Waals surface area contributed by atoms with Crippen molar-refractivity contribution in [3.05, 3.63) is 16.8 Å². The molecule has 5 heteroatoms. The number of carbonyl (C=O) groups is 1. The molecule has 0 aliphatic rings. The van der Waals surface area contributed by atoms with Crippen LogP contribution in [0.25, 0.3) is 0 Å². The second-order valence-corrected chi connectivity index (χ2v) is 2.77. The van der Waals surface area contributed by atoms with E-state index >= 15 is 0 Å². The lowest BCUT2D eigenvalue weighted by Gasteiger charge is -2.02. The SMILES string of the molecule is CC(=O)Nc1nnc(Cl)cc1C. The maximum Gasteiger partial charge on any atom is 0.222 e. The zero-order valence-corrected chi connectivity index (χ0v) is 7.51. The highest BCUT2D eigenvalue weighted by Gasteiger charge is 2.02. The summed E-state index contributed by atoms with van der Waals surface area (Å²) >= 11 is 5.57. The van der Waals surface area contributed by atoms with Crippen LogP contribution in [0.5, 0.6) is 0 Å². The number of carbonyl (C=O) groups excluding carboxylic acids is 1. The molecular formula is C7H8ClN3O. The molecule has 0 bridgehead atoms. The van der Waals surface area contributed by atoms with Gasteiger partial charge in [0.25, 0.3) is 0 Å². The smallest absolute Gasteiger partial charge is 0.222 e. The van der Waals surface area contributed by atoms with Gasteiger partial charge in [-0.05, 0) is 18.6 Å². The number of rotatable bonds is 1. The van der Waals surface area contributed by atoms with Gasteiger partial charge in [-0.2, -0.15) is 0 Å². The molecule has 1 heterocycles. The van der Waals surface area contributed by atoms with Crippen LogP contribution < -0.4 is 5.32 Å². The number of hydrogen-bond donors (Lipinski definition) is 1. The third kappa shape index (κ3) is 2.17. The van der Waals surface area contributed by atoms with Crippen molar-refractivity contribution in [3.63, 3.8) is 0 Å². The Kier molecular flexibility index (Phi) is 2.60. The molecule has 1 aromatic heterocycles. The molecule has 0 saturated carbocycles. The summed E-state index contributed by atoms with van der Waals surface area (Å²) in [4.78, 5) is 10.6. The molecular weight excluding hydrogens is 178 g/mol. The van der Waals surface area contributed by atoms with Crippen molar-refractivity contribution in [2.45, 2.75) is 13.8 Å². The van der Waals surface area contributed by atoms with Crippen LogP contribution in [0.15, 0.2) is 6.07 Å². The Balaban J connectivity index is 2.93. The van der Waals surface area contributed by atoms with E-state index in [1.54, 1.807) is 13.0 Å². The van der Waals surface area contributed by atoms with Crippen LogP contribution in [0.3, 0.4) is 0 Å². The van der Waals surface area contributed by atoms with Crippen molar-refractivity contribution in [1.82, 2.24) is 10.2 Å². The highest BCUT2D eigenvalue weighted by atomic mass is 35.5. The quantitative estimate of drug-likeness (QED) is 0.720. The molecule has 64 valence electrons. The predicted molar refractivity (Wildman–Crippen MR) is 46.1 cm³/mol. The molecule has 0 aliphatic heterocycles. The third-order valence-corrected chi connectivity index (χ3v) is 1.43. The highest BCUT2D eigenvalue weighted by Crippen LogP contribution is 2.12. The number of anilines is 1. The molecule has 0 aromatic carbocycles. The highest BCUT2D eigenvalue weighted by molar-refractivity contribution is 6.29. The average molecular weight is 186 g/mol. The first-order chi connectivity index (χ1) is 5.59. The first-order valence-corrected chi connectivity index (χ1v) is 3.75. The second-order valence-electron chi connectivity index (χ2n) is 2.38. The number of hydrogen-bond acceptors (Lipinski definition) is 3. The van der Waals surface area contributed by atoms with E-state index in [-0.39, 0.29) is 5.91 Å². The molecule has 0 radical (unpaired) electrons. The van der Waals surface area contributed by atoms with Crippen molar-refractivity contribution in [1.29, 1.82) is 0 Å². The Morgan fingerprint density at radius 3 is 2.75 bits per heavy atom. The molecule has 0 unspecified atom stereocenters. The van der Waals surface area contributed by atoms with Crippen molar-refractivity contribution in [2.24, 2.45) is 0 Å². The third-order valence-electron chi connectivity index (χ3n) is 1.25. The molecule has 0 spiro atoms. The Hall–Kier alpha value is -1.16. The molecule has 0 saturated heterocycles. The zero-order chi connectivity index (χ0) is 9.14. The van der Waals surface area contributed by atoms with E-state index in [1.165, 1.54) is 6.92 Å². The lowest BCUT2D eigenvalue weighted by Crippen LogP contribution is -2.09. The Labute approximate surface area is 74.9 Å². The van der Waals surface area contributed by atoms with E-state index < -0.39 is 0 Å². The van der Waals surface area contributed by atoms with Gasteiger partial charge < -0.3 is 5.32 Å². The lowest BCUT2D eigenvalue weighted by molar-refractivity contribution is -0.114. The fraction of sp³-hybridized carbons (Fsp3) is 0.286. The van der Waals surface area contributed by atoms with Gasteiger partial charge in [-0.1, -0.05) is 11.6 Å². The summed E-state index contributed by atoms with van der Waals surface area (Å²) in [5, 5.41) is 10.1. The number of aryl methyl sites for hydroxylation is 1. The minimum atomic E-state index is -0.172. The number of aromatic nitrogens is 2. The summed E-state index contributed by atoms with van der Waals surface area (Å²) in [7, 11) is 0. The summed E-state index contributed by atoms with van der Waals surface area (Å²) in [6.45, 7) is 3.21. The first-order valence-electron chi connectivity index (χ1n) is 3.37. The molecule has 0 atom stereocenters. The molecule has 1 N–H and O–H groups in total. The molecule has 1 amide bonds. The monoisotopic (exact) mass is 185 g/mol. The number of halogens is 1. The van der Waals surface area contributed by atoms with Gasteiger partial charge in [0.15, 0.2) is 11.0 Å².